The number of nitriles is 1. The first-order chi connectivity index (χ1) is 16.0. The minimum atomic E-state index is -0.401. The van der Waals surface area contributed by atoms with E-state index in [0.29, 0.717) is 17.3 Å². The summed E-state index contributed by atoms with van der Waals surface area (Å²) in [7, 11) is 2.16. The molecule has 3 heterocycles. The molecular weight excluding hydrogens is 414 g/mol. The summed E-state index contributed by atoms with van der Waals surface area (Å²) in [6.07, 6.45) is 7.53. The molecule has 0 amide bonds. The van der Waals surface area contributed by atoms with Gasteiger partial charge in [-0.2, -0.15) is 5.26 Å². The number of morpholine rings is 1. The molecule has 2 N–H and O–H groups in total. The highest BCUT2D eigenvalue weighted by atomic mass is 16.5. The van der Waals surface area contributed by atoms with Crippen molar-refractivity contribution in [2.45, 2.75) is 43.2 Å². The van der Waals surface area contributed by atoms with Gasteiger partial charge in [-0.1, -0.05) is 12.1 Å². The average molecular weight is 444 g/mol. The summed E-state index contributed by atoms with van der Waals surface area (Å²) in [6.45, 7) is 3.43. The molecule has 1 aromatic carbocycles. The molecule has 2 unspecified atom stereocenters. The van der Waals surface area contributed by atoms with Crippen LogP contribution in [0.3, 0.4) is 0 Å². The fourth-order valence-corrected chi connectivity index (χ4v) is 5.97. The van der Waals surface area contributed by atoms with Crippen molar-refractivity contribution in [1.82, 2.24) is 14.9 Å². The Kier molecular flexibility index (Phi) is 4.68. The standard InChI is InChI=1S/C25H29N7O/c1-31-6-7-33-21-12-32(11-20(21)31)23-9-22(28-16-29-23)30-19-8-18(3-2-17(19)10-26)25(15-27)13-24(14-25)4-5-24/h2-3,8-10,16,20-21,26H,4-7,11-14H2,1H3,(H,28,29,30). The highest BCUT2D eigenvalue weighted by Gasteiger charge is 2.62. The molecule has 4 aliphatic rings. The Morgan fingerprint density at radius 2 is 2.09 bits per heavy atom. The second-order valence-electron chi connectivity index (χ2n) is 10.2. The van der Waals surface area contributed by atoms with E-state index in [1.807, 2.05) is 24.3 Å². The van der Waals surface area contributed by atoms with Gasteiger partial charge in [0.25, 0.3) is 0 Å². The van der Waals surface area contributed by atoms with Gasteiger partial charge in [-0.25, -0.2) is 9.97 Å². The molecule has 1 spiro atoms. The first kappa shape index (κ1) is 20.6. The van der Waals surface area contributed by atoms with Gasteiger partial charge in [0.15, 0.2) is 0 Å². The maximum absolute atomic E-state index is 9.97. The Bertz CT molecular complexity index is 1130. The fourth-order valence-electron chi connectivity index (χ4n) is 5.97. The van der Waals surface area contributed by atoms with E-state index in [-0.39, 0.29) is 6.10 Å². The van der Waals surface area contributed by atoms with Crippen LogP contribution in [0.4, 0.5) is 17.3 Å². The van der Waals surface area contributed by atoms with Gasteiger partial charge in [0.05, 0.1) is 30.2 Å². The number of hydrogen-bond donors (Lipinski definition) is 2. The van der Waals surface area contributed by atoms with Crippen molar-refractivity contribution >= 4 is 23.5 Å². The molecule has 6 rings (SSSR count). The Morgan fingerprint density at radius 1 is 1.24 bits per heavy atom. The van der Waals surface area contributed by atoms with Crippen LogP contribution in [0.2, 0.25) is 0 Å². The summed E-state index contributed by atoms with van der Waals surface area (Å²) >= 11 is 0. The van der Waals surface area contributed by atoms with Crippen molar-refractivity contribution in [2.75, 3.05) is 43.5 Å². The number of aromatic nitrogens is 2. The smallest absolute Gasteiger partial charge is 0.135 e. The molecule has 2 aliphatic heterocycles. The van der Waals surface area contributed by atoms with E-state index in [0.717, 1.165) is 61.7 Å². The molecule has 8 heteroatoms. The molecule has 2 atom stereocenters. The zero-order chi connectivity index (χ0) is 22.6. The van der Waals surface area contributed by atoms with Gasteiger partial charge in [-0.3, -0.25) is 4.90 Å². The molecule has 33 heavy (non-hydrogen) atoms. The second-order valence-corrected chi connectivity index (χ2v) is 10.2. The lowest BCUT2D eigenvalue weighted by Crippen LogP contribution is -2.48. The van der Waals surface area contributed by atoms with Gasteiger partial charge in [0, 0.05) is 43.2 Å². The van der Waals surface area contributed by atoms with E-state index in [4.69, 9.17) is 10.1 Å². The van der Waals surface area contributed by atoms with E-state index >= 15 is 0 Å². The number of fused-ring (bicyclic) bond motifs is 1. The summed E-state index contributed by atoms with van der Waals surface area (Å²) in [4.78, 5) is 13.6. The van der Waals surface area contributed by atoms with Crippen molar-refractivity contribution in [3.63, 3.8) is 0 Å². The van der Waals surface area contributed by atoms with Crippen LogP contribution < -0.4 is 10.2 Å². The van der Waals surface area contributed by atoms with Crippen molar-refractivity contribution < 1.29 is 4.74 Å². The monoisotopic (exact) mass is 443 g/mol. The lowest BCUT2D eigenvalue weighted by Gasteiger charge is -2.44. The first-order valence-corrected chi connectivity index (χ1v) is 11.8. The number of likely N-dealkylation sites (N-methyl/N-ethyl adjacent to an activating group) is 1. The molecule has 8 nitrogen and oxygen atoms in total. The van der Waals surface area contributed by atoms with Gasteiger partial charge >= 0.3 is 0 Å². The van der Waals surface area contributed by atoms with Crippen LogP contribution in [-0.4, -0.2) is 66.5 Å². The Morgan fingerprint density at radius 3 is 2.82 bits per heavy atom. The Labute approximate surface area is 194 Å². The maximum atomic E-state index is 9.97. The molecule has 2 aliphatic carbocycles. The summed E-state index contributed by atoms with van der Waals surface area (Å²) in [6, 6.07) is 10.9. The zero-order valence-corrected chi connectivity index (χ0v) is 18.9. The molecular formula is C25H29N7O. The van der Waals surface area contributed by atoms with E-state index in [9.17, 15) is 5.26 Å². The van der Waals surface area contributed by atoms with Gasteiger partial charge in [-0.05, 0) is 49.8 Å². The maximum Gasteiger partial charge on any atom is 0.135 e. The fraction of sp³-hybridized carbons (Fsp3) is 0.520. The largest absolute Gasteiger partial charge is 0.373 e. The topological polar surface area (TPSA) is 101 Å². The van der Waals surface area contributed by atoms with E-state index in [2.05, 4.69) is 38.2 Å². The summed E-state index contributed by atoms with van der Waals surface area (Å²) in [5.74, 6) is 1.55. The van der Waals surface area contributed by atoms with E-state index < -0.39 is 5.41 Å². The SMILES string of the molecule is CN1CCOC2CN(c3cc(Nc4cc(C5(C#N)CC6(CC6)C5)ccc4C=N)ncn3)CC21. The van der Waals surface area contributed by atoms with E-state index in [1.165, 1.54) is 19.1 Å². The lowest BCUT2D eigenvalue weighted by atomic mass is 9.57. The highest BCUT2D eigenvalue weighted by Crippen LogP contribution is 2.68. The van der Waals surface area contributed by atoms with Crippen LogP contribution in [0.1, 0.15) is 36.8 Å². The second kappa shape index (κ2) is 7.51. The van der Waals surface area contributed by atoms with Gasteiger partial charge in [-0.15, -0.1) is 0 Å². The van der Waals surface area contributed by atoms with Crippen LogP contribution in [0, 0.1) is 22.2 Å². The third-order valence-electron chi connectivity index (χ3n) is 8.10. The van der Waals surface area contributed by atoms with E-state index in [1.54, 1.807) is 6.33 Å². The third-order valence-corrected chi connectivity index (χ3v) is 8.10. The van der Waals surface area contributed by atoms with Gasteiger partial charge in [0.1, 0.15) is 18.0 Å². The first-order valence-electron chi connectivity index (χ1n) is 11.8. The number of rotatable bonds is 5. The van der Waals surface area contributed by atoms with Crippen LogP contribution in [-0.2, 0) is 10.2 Å². The van der Waals surface area contributed by atoms with Crippen molar-refractivity contribution in [2.24, 2.45) is 5.41 Å². The van der Waals surface area contributed by atoms with Crippen molar-refractivity contribution in [3.05, 3.63) is 41.7 Å². The quantitative estimate of drug-likeness (QED) is 0.685. The van der Waals surface area contributed by atoms with Crippen LogP contribution in [0.25, 0.3) is 0 Å². The Balaban J connectivity index is 1.24. The third kappa shape index (κ3) is 3.47. The number of ether oxygens (including phenoxy) is 1. The van der Waals surface area contributed by atoms with Crippen LogP contribution >= 0.6 is 0 Å². The van der Waals surface area contributed by atoms with Gasteiger partial charge in [0.2, 0.25) is 0 Å². The highest BCUT2D eigenvalue weighted by molar-refractivity contribution is 5.87. The minimum absolute atomic E-state index is 0.204. The van der Waals surface area contributed by atoms with Gasteiger partial charge < -0.3 is 20.4 Å². The summed E-state index contributed by atoms with van der Waals surface area (Å²) in [5, 5.41) is 21.2. The predicted octanol–water partition coefficient (Wildman–Crippen LogP) is 3.07. The molecule has 4 fully saturated rings. The Hall–Kier alpha value is -3.02. The molecule has 2 saturated carbocycles. The molecule has 0 bridgehead atoms. The zero-order valence-electron chi connectivity index (χ0n) is 18.9. The summed E-state index contributed by atoms with van der Waals surface area (Å²) < 4.78 is 5.98. The minimum Gasteiger partial charge on any atom is -0.373 e. The molecule has 170 valence electrons. The molecule has 2 saturated heterocycles. The molecule has 0 radical (unpaired) electrons. The number of benzene rings is 1. The molecule has 1 aromatic heterocycles. The number of nitrogens with zero attached hydrogens (tertiary/aromatic N) is 5. The lowest BCUT2D eigenvalue weighted by molar-refractivity contribution is -0.0362. The normalized spacial score (nSPS) is 26.8. The number of anilines is 3. The number of nitrogens with one attached hydrogen (secondary N) is 2. The van der Waals surface area contributed by atoms with Crippen LogP contribution in [0.15, 0.2) is 30.6 Å². The van der Waals surface area contributed by atoms with Crippen molar-refractivity contribution in [3.8, 4) is 6.07 Å². The summed E-state index contributed by atoms with van der Waals surface area (Å²) in [5.41, 5.74) is 2.64. The van der Waals surface area contributed by atoms with Crippen LogP contribution in [0.5, 0.6) is 0 Å². The van der Waals surface area contributed by atoms with Crippen molar-refractivity contribution in [1.29, 1.82) is 10.7 Å². The number of hydrogen-bond acceptors (Lipinski definition) is 8. The molecule has 2 aromatic rings. The predicted molar refractivity (Wildman–Crippen MR) is 126 cm³/mol. The average Bonchev–Trinajstić information content (AvgIpc) is 3.47.